The van der Waals surface area contributed by atoms with Crippen molar-refractivity contribution < 1.29 is 4.74 Å². The van der Waals surface area contributed by atoms with Crippen molar-refractivity contribution in [3.8, 4) is 5.75 Å². The summed E-state index contributed by atoms with van der Waals surface area (Å²) in [6.45, 7) is 2.81. The molecule has 1 atom stereocenters. The normalized spacial score (nSPS) is 19.2. The van der Waals surface area contributed by atoms with Crippen LogP contribution in [0.2, 0.25) is 0 Å². The molecular weight excluding hydrogens is 324 g/mol. The molecule has 1 fully saturated rings. The third-order valence-corrected chi connectivity index (χ3v) is 5.23. The lowest BCUT2D eigenvalue weighted by Gasteiger charge is -2.29. The van der Waals surface area contributed by atoms with Gasteiger partial charge >= 0.3 is 0 Å². The molecule has 2 aliphatic heterocycles. The quantitative estimate of drug-likeness (QED) is 0.771. The summed E-state index contributed by atoms with van der Waals surface area (Å²) < 4.78 is 5.81. The van der Waals surface area contributed by atoms with Crippen molar-refractivity contribution in [2.24, 2.45) is 0 Å². The van der Waals surface area contributed by atoms with Crippen molar-refractivity contribution in [3.05, 3.63) is 54.1 Å². The number of fused-ring (bicyclic) bond motifs is 2. The Labute approximate surface area is 153 Å². The van der Waals surface area contributed by atoms with Gasteiger partial charge in [-0.3, -0.25) is 0 Å². The van der Waals surface area contributed by atoms with Gasteiger partial charge in [-0.25, -0.2) is 9.97 Å². The molecule has 3 heterocycles. The van der Waals surface area contributed by atoms with Crippen molar-refractivity contribution in [2.75, 3.05) is 29.9 Å². The van der Waals surface area contributed by atoms with Crippen LogP contribution in [0.5, 0.6) is 5.75 Å². The molecule has 1 unspecified atom stereocenters. The predicted molar refractivity (Wildman–Crippen MR) is 104 cm³/mol. The molecular formula is C21H22N4O. The molecule has 0 aliphatic carbocycles. The van der Waals surface area contributed by atoms with E-state index in [0.717, 1.165) is 54.5 Å². The van der Waals surface area contributed by atoms with Gasteiger partial charge in [0, 0.05) is 25.1 Å². The van der Waals surface area contributed by atoms with Gasteiger partial charge in [-0.15, -0.1) is 0 Å². The maximum atomic E-state index is 5.81. The van der Waals surface area contributed by atoms with Crippen molar-refractivity contribution >= 4 is 22.7 Å². The topological polar surface area (TPSA) is 50.3 Å². The third kappa shape index (κ3) is 2.73. The number of aromatic nitrogens is 2. The number of benzene rings is 2. The molecule has 26 heavy (non-hydrogen) atoms. The molecule has 0 saturated carbocycles. The highest BCUT2D eigenvalue weighted by Gasteiger charge is 2.25. The maximum Gasteiger partial charge on any atom is 0.172 e. The Morgan fingerprint density at radius 1 is 0.923 bits per heavy atom. The average Bonchev–Trinajstić information content (AvgIpc) is 3.22. The Balaban J connectivity index is 1.56. The molecule has 1 N–H and O–H groups in total. The van der Waals surface area contributed by atoms with Crippen LogP contribution < -0.4 is 15.0 Å². The number of hydrogen-bond acceptors (Lipinski definition) is 5. The van der Waals surface area contributed by atoms with Crippen LogP contribution in [0.15, 0.2) is 48.5 Å². The summed E-state index contributed by atoms with van der Waals surface area (Å²) in [6, 6.07) is 16.5. The SMILES string of the molecule is c1ccc2c(c1)OCCC2Nc1nc2ccccc2nc1N1CCCC1. The second-order valence-corrected chi connectivity index (χ2v) is 6.95. The summed E-state index contributed by atoms with van der Waals surface area (Å²) >= 11 is 0. The Hall–Kier alpha value is -2.82. The summed E-state index contributed by atoms with van der Waals surface area (Å²) in [6.07, 6.45) is 3.35. The van der Waals surface area contributed by atoms with Gasteiger partial charge < -0.3 is 15.0 Å². The van der Waals surface area contributed by atoms with E-state index >= 15 is 0 Å². The second kappa shape index (κ2) is 6.48. The van der Waals surface area contributed by atoms with E-state index < -0.39 is 0 Å². The van der Waals surface area contributed by atoms with Crippen LogP contribution in [0.4, 0.5) is 11.6 Å². The first kappa shape index (κ1) is 15.4. The lowest BCUT2D eigenvalue weighted by Crippen LogP contribution is -2.25. The molecule has 1 saturated heterocycles. The number of nitrogens with zero attached hydrogens (tertiary/aromatic N) is 3. The molecule has 1 aromatic heterocycles. The Bertz CT molecular complexity index is 936. The molecule has 3 aromatic rings. The second-order valence-electron chi connectivity index (χ2n) is 6.95. The highest BCUT2D eigenvalue weighted by Crippen LogP contribution is 2.36. The minimum atomic E-state index is 0.191. The zero-order valence-corrected chi connectivity index (χ0v) is 14.7. The minimum Gasteiger partial charge on any atom is -0.493 e. The van der Waals surface area contributed by atoms with E-state index in [1.54, 1.807) is 0 Å². The molecule has 5 nitrogen and oxygen atoms in total. The number of anilines is 2. The minimum absolute atomic E-state index is 0.191. The fraction of sp³-hybridized carbons (Fsp3) is 0.333. The summed E-state index contributed by atoms with van der Waals surface area (Å²) in [4.78, 5) is 12.2. The van der Waals surface area contributed by atoms with E-state index in [0.29, 0.717) is 0 Å². The van der Waals surface area contributed by atoms with Crippen LogP contribution in [-0.4, -0.2) is 29.7 Å². The Morgan fingerprint density at radius 3 is 2.50 bits per heavy atom. The molecule has 5 rings (SSSR count). The summed E-state index contributed by atoms with van der Waals surface area (Å²) in [5.74, 6) is 2.82. The number of ether oxygens (including phenoxy) is 1. The summed E-state index contributed by atoms with van der Waals surface area (Å²) in [5, 5.41) is 3.68. The zero-order chi connectivity index (χ0) is 17.3. The van der Waals surface area contributed by atoms with Gasteiger partial charge in [0.15, 0.2) is 11.6 Å². The van der Waals surface area contributed by atoms with E-state index in [4.69, 9.17) is 14.7 Å². The fourth-order valence-electron chi connectivity index (χ4n) is 3.89. The lowest BCUT2D eigenvalue weighted by molar-refractivity contribution is 0.274. The van der Waals surface area contributed by atoms with Crippen LogP contribution in [0, 0.1) is 0 Å². The van der Waals surface area contributed by atoms with Crippen LogP contribution in [0.3, 0.4) is 0 Å². The van der Waals surface area contributed by atoms with Crippen LogP contribution >= 0.6 is 0 Å². The molecule has 2 aliphatic rings. The fourth-order valence-corrected chi connectivity index (χ4v) is 3.89. The largest absolute Gasteiger partial charge is 0.493 e. The van der Waals surface area contributed by atoms with Gasteiger partial charge in [0.1, 0.15) is 5.75 Å². The van der Waals surface area contributed by atoms with Crippen molar-refractivity contribution in [2.45, 2.75) is 25.3 Å². The van der Waals surface area contributed by atoms with E-state index in [-0.39, 0.29) is 6.04 Å². The van der Waals surface area contributed by atoms with Gasteiger partial charge in [-0.05, 0) is 31.0 Å². The average molecular weight is 346 g/mol. The van der Waals surface area contributed by atoms with E-state index in [1.807, 2.05) is 36.4 Å². The Morgan fingerprint density at radius 2 is 1.65 bits per heavy atom. The number of hydrogen-bond donors (Lipinski definition) is 1. The molecule has 2 aromatic carbocycles. The number of para-hydroxylation sites is 3. The third-order valence-electron chi connectivity index (χ3n) is 5.23. The maximum absolute atomic E-state index is 5.81. The molecule has 0 amide bonds. The molecule has 0 spiro atoms. The highest BCUT2D eigenvalue weighted by molar-refractivity contribution is 5.80. The summed E-state index contributed by atoms with van der Waals surface area (Å²) in [5.41, 5.74) is 3.08. The zero-order valence-electron chi connectivity index (χ0n) is 14.7. The number of nitrogens with one attached hydrogen (secondary N) is 1. The molecule has 132 valence electrons. The smallest absolute Gasteiger partial charge is 0.172 e. The summed E-state index contributed by atoms with van der Waals surface area (Å²) in [7, 11) is 0. The first-order valence-corrected chi connectivity index (χ1v) is 9.38. The van der Waals surface area contributed by atoms with Crippen molar-refractivity contribution in [1.82, 2.24) is 9.97 Å². The van der Waals surface area contributed by atoms with Crippen LogP contribution in [0.25, 0.3) is 11.0 Å². The van der Waals surface area contributed by atoms with Crippen LogP contribution in [0.1, 0.15) is 30.9 Å². The molecule has 0 radical (unpaired) electrons. The van der Waals surface area contributed by atoms with E-state index in [1.165, 1.54) is 18.4 Å². The lowest BCUT2D eigenvalue weighted by atomic mass is 10.0. The standard InChI is InChI=1S/C21H22N4O/c1-4-10-19-15(7-1)16(11-14-26-19)22-20-21(25-12-5-6-13-25)24-18-9-3-2-8-17(18)23-20/h1-4,7-10,16H,5-6,11-14H2,(H,22,23). The number of rotatable bonds is 3. The monoisotopic (exact) mass is 346 g/mol. The molecule has 0 bridgehead atoms. The van der Waals surface area contributed by atoms with E-state index in [2.05, 4.69) is 22.3 Å². The first-order chi connectivity index (χ1) is 12.9. The van der Waals surface area contributed by atoms with Crippen molar-refractivity contribution in [3.63, 3.8) is 0 Å². The highest BCUT2D eigenvalue weighted by atomic mass is 16.5. The predicted octanol–water partition coefficient (Wildman–Crippen LogP) is 4.17. The van der Waals surface area contributed by atoms with Gasteiger partial charge in [0.25, 0.3) is 0 Å². The van der Waals surface area contributed by atoms with E-state index in [9.17, 15) is 0 Å². The van der Waals surface area contributed by atoms with Gasteiger partial charge in [-0.2, -0.15) is 0 Å². The first-order valence-electron chi connectivity index (χ1n) is 9.38. The van der Waals surface area contributed by atoms with Crippen molar-refractivity contribution in [1.29, 1.82) is 0 Å². The van der Waals surface area contributed by atoms with Gasteiger partial charge in [0.2, 0.25) is 0 Å². The van der Waals surface area contributed by atoms with Gasteiger partial charge in [0.05, 0.1) is 23.7 Å². The molecule has 5 heteroatoms. The van der Waals surface area contributed by atoms with Gasteiger partial charge in [-0.1, -0.05) is 30.3 Å². The Kier molecular flexibility index (Phi) is 3.85. The van der Waals surface area contributed by atoms with Crippen LogP contribution in [-0.2, 0) is 0 Å².